The number of hydrogen-bond donors (Lipinski definition) is 0. The molecule has 1 unspecified atom stereocenters. The Hall–Kier alpha value is -3.30. The number of carbonyl (C=O) groups excluding carboxylic acids is 1. The summed E-state index contributed by atoms with van der Waals surface area (Å²) in [5.41, 5.74) is -0.903. The van der Waals surface area contributed by atoms with Crippen LogP contribution in [0.25, 0.3) is 0 Å². The van der Waals surface area contributed by atoms with Crippen LogP contribution in [0.4, 0.5) is 23.7 Å². The van der Waals surface area contributed by atoms with Crippen molar-refractivity contribution in [3.63, 3.8) is 0 Å². The molecule has 0 aromatic heterocycles. The number of nitriles is 1. The number of fused-ring (bicyclic) bond motifs is 1. The molecule has 2 fully saturated rings. The number of nitrogens with zero attached hydrogens (tertiary/aromatic N) is 3. The van der Waals surface area contributed by atoms with Crippen LogP contribution in [-0.2, 0) is 27.0 Å². The zero-order valence-electron chi connectivity index (χ0n) is 19.5. The summed E-state index contributed by atoms with van der Waals surface area (Å²) in [7, 11) is -2.23. The van der Waals surface area contributed by atoms with Crippen LogP contribution in [-0.4, -0.2) is 50.9 Å². The minimum absolute atomic E-state index is 0.0152. The van der Waals surface area contributed by atoms with E-state index in [0.29, 0.717) is 18.6 Å². The summed E-state index contributed by atoms with van der Waals surface area (Å²) in [5.74, 6) is 0.640. The number of methoxy groups -OCH3 is 1. The second kappa shape index (κ2) is 9.63. The molecule has 0 bridgehead atoms. The lowest BCUT2D eigenvalue weighted by atomic mass is 9.87. The van der Waals surface area contributed by atoms with Crippen LogP contribution in [0.15, 0.2) is 42.5 Å². The fourth-order valence-corrected chi connectivity index (χ4v) is 5.59. The maximum absolute atomic E-state index is 13.6. The number of amides is 2. The molecule has 192 valence electrons. The smallest absolute Gasteiger partial charge is 0.417 e. The Morgan fingerprint density at radius 1 is 1.11 bits per heavy atom. The monoisotopic (exact) mass is 523 g/mol. The number of urea groups is 1. The van der Waals surface area contributed by atoms with Gasteiger partial charge in [-0.15, -0.1) is 0 Å². The Morgan fingerprint density at radius 2 is 1.81 bits per heavy atom. The molecular formula is C24H24F3N3O5S. The van der Waals surface area contributed by atoms with Crippen LogP contribution in [0, 0.1) is 11.3 Å². The van der Waals surface area contributed by atoms with Crippen LogP contribution in [0.1, 0.15) is 36.0 Å². The van der Waals surface area contributed by atoms with Crippen molar-refractivity contribution in [2.24, 2.45) is 0 Å². The highest BCUT2D eigenvalue weighted by Gasteiger charge is 2.50. The zero-order chi connectivity index (χ0) is 26.3. The predicted octanol–water partition coefficient (Wildman–Crippen LogP) is 4.29. The average Bonchev–Trinajstić information content (AvgIpc) is 3.08. The van der Waals surface area contributed by atoms with Crippen molar-refractivity contribution in [1.82, 2.24) is 4.90 Å². The Labute approximate surface area is 206 Å². The number of rotatable bonds is 6. The van der Waals surface area contributed by atoms with E-state index in [-0.39, 0.29) is 24.7 Å². The molecule has 2 aromatic carbocycles. The molecule has 2 aromatic rings. The molecule has 36 heavy (non-hydrogen) atoms. The summed E-state index contributed by atoms with van der Waals surface area (Å²) >= 11 is 0. The Morgan fingerprint density at radius 3 is 2.39 bits per heavy atom. The first-order chi connectivity index (χ1) is 16.9. The Balaban J connectivity index is 1.72. The minimum atomic E-state index is -4.79. The van der Waals surface area contributed by atoms with Crippen LogP contribution in [0.3, 0.4) is 0 Å². The summed E-state index contributed by atoms with van der Waals surface area (Å²) in [6.45, 7) is 0.209. The van der Waals surface area contributed by atoms with Gasteiger partial charge >= 0.3 is 12.2 Å². The van der Waals surface area contributed by atoms with Crippen LogP contribution in [0.2, 0.25) is 0 Å². The largest absolute Gasteiger partial charge is 0.497 e. The molecule has 1 heterocycles. The van der Waals surface area contributed by atoms with E-state index in [1.807, 2.05) is 0 Å². The summed E-state index contributed by atoms with van der Waals surface area (Å²) in [6.07, 6.45) is -3.66. The first-order valence-corrected chi connectivity index (χ1v) is 13.0. The van der Waals surface area contributed by atoms with Crippen LogP contribution in [0.5, 0.6) is 5.75 Å². The van der Waals surface area contributed by atoms with E-state index >= 15 is 0 Å². The summed E-state index contributed by atoms with van der Waals surface area (Å²) in [5, 5.41) is 9.14. The molecular weight excluding hydrogens is 499 g/mol. The van der Waals surface area contributed by atoms with Crippen molar-refractivity contribution in [2.45, 2.75) is 50.2 Å². The first-order valence-electron chi connectivity index (χ1n) is 11.1. The van der Waals surface area contributed by atoms with Crippen molar-refractivity contribution in [3.8, 4) is 11.8 Å². The van der Waals surface area contributed by atoms with Crippen molar-refractivity contribution in [2.75, 3.05) is 18.3 Å². The van der Waals surface area contributed by atoms with Gasteiger partial charge in [0.15, 0.2) is 0 Å². The SMILES string of the molecule is COc1ccc(CN2C(=O)N(c3ccc(C#N)c(C(F)(F)F)c3)[C@H]3CC(OS(C)(=O)=O)CC[C@@H]32)cc1. The van der Waals surface area contributed by atoms with Gasteiger partial charge in [0.25, 0.3) is 10.1 Å². The maximum Gasteiger partial charge on any atom is 0.417 e. The summed E-state index contributed by atoms with van der Waals surface area (Å²) in [6, 6.07) is 10.3. The molecule has 4 rings (SSSR count). The van der Waals surface area contributed by atoms with Crippen molar-refractivity contribution < 1.29 is 35.3 Å². The Bertz CT molecular complexity index is 1290. The van der Waals surface area contributed by atoms with Crippen LogP contribution >= 0.6 is 0 Å². The number of halogens is 3. The topological polar surface area (TPSA) is 99.9 Å². The molecule has 0 spiro atoms. The van der Waals surface area contributed by atoms with Gasteiger partial charge in [-0.25, -0.2) is 4.79 Å². The molecule has 1 aliphatic carbocycles. The number of alkyl halides is 3. The standard InChI is InChI=1S/C24H24F3N3O5S/c1-34-18-7-3-15(4-8-18)14-29-21-10-9-19(35-36(2,32)33)12-22(21)30(23(29)31)17-6-5-16(13-28)20(11-17)24(25,26)27/h3-8,11,19,21-22H,9-10,12,14H2,1-2H3/t19?,21-,22-/m0/s1. The predicted molar refractivity (Wildman–Crippen MR) is 124 cm³/mol. The second-order valence-electron chi connectivity index (χ2n) is 8.84. The summed E-state index contributed by atoms with van der Waals surface area (Å²) < 4.78 is 74.7. The highest BCUT2D eigenvalue weighted by atomic mass is 32.2. The number of hydrogen-bond acceptors (Lipinski definition) is 6. The minimum Gasteiger partial charge on any atom is -0.497 e. The van der Waals surface area contributed by atoms with Crippen molar-refractivity contribution >= 4 is 21.8 Å². The van der Waals surface area contributed by atoms with Crippen molar-refractivity contribution in [1.29, 1.82) is 5.26 Å². The molecule has 0 radical (unpaired) electrons. The molecule has 1 saturated heterocycles. The van der Waals surface area contributed by atoms with Gasteiger partial charge in [-0.2, -0.15) is 26.9 Å². The van der Waals surface area contributed by atoms with E-state index in [4.69, 9.17) is 14.2 Å². The fourth-order valence-electron chi connectivity index (χ4n) is 4.92. The first kappa shape index (κ1) is 25.8. The molecule has 1 aliphatic heterocycles. The van der Waals surface area contributed by atoms with E-state index in [1.54, 1.807) is 35.2 Å². The third kappa shape index (κ3) is 5.27. The molecule has 3 atom stereocenters. The average molecular weight is 524 g/mol. The molecule has 8 nitrogen and oxygen atoms in total. The van der Waals surface area contributed by atoms with Gasteiger partial charge in [-0.05, 0) is 55.2 Å². The van der Waals surface area contributed by atoms with E-state index in [2.05, 4.69) is 0 Å². The number of benzene rings is 2. The third-order valence-electron chi connectivity index (χ3n) is 6.45. The lowest BCUT2D eigenvalue weighted by molar-refractivity contribution is -0.137. The molecule has 2 aliphatic rings. The molecule has 0 N–H and O–H groups in total. The van der Waals surface area contributed by atoms with Gasteiger partial charge in [0.2, 0.25) is 0 Å². The van der Waals surface area contributed by atoms with Gasteiger partial charge in [-0.1, -0.05) is 12.1 Å². The normalized spacial score (nSPS) is 22.3. The van der Waals surface area contributed by atoms with Gasteiger partial charge < -0.3 is 9.64 Å². The third-order valence-corrected chi connectivity index (χ3v) is 7.07. The zero-order valence-corrected chi connectivity index (χ0v) is 20.3. The van der Waals surface area contributed by atoms with Crippen LogP contribution < -0.4 is 9.64 Å². The second-order valence-corrected chi connectivity index (χ2v) is 10.4. The van der Waals surface area contributed by atoms with E-state index in [9.17, 15) is 26.4 Å². The molecule has 2 amide bonds. The van der Waals surface area contributed by atoms with E-state index in [0.717, 1.165) is 24.0 Å². The van der Waals surface area contributed by atoms with Gasteiger partial charge in [0.05, 0.1) is 48.7 Å². The lowest BCUT2D eigenvalue weighted by Crippen LogP contribution is -2.45. The number of carbonyl (C=O) groups is 1. The molecule has 1 saturated carbocycles. The molecule has 12 heteroatoms. The quantitative estimate of drug-likeness (QED) is 0.524. The Kier molecular flexibility index (Phi) is 6.90. The highest BCUT2D eigenvalue weighted by molar-refractivity contribution is 7.86. The number of anilines is 1. The van der Waals surface area contributed by atoms with E-state index < -0.39 is 45.6 Å². The van der Waals surface area contributed by atoms with Gasteiger partial charge in [-0.3, -0.25) is 9.08 Å². The highest BCUT2D eigenvalue weighted by Crippen LogP contribution is 2.41. The van der Waals surface area contributed by atoms with Gasteiger partial charge in [0, 0.05) is 12.2 Å². The number of ether oxygens (including phenoxy) is 1. The maximum atomic E-state index is 13.6. The van der Waals surface area contributed by atoms with E-state index in [1.165, 1.54) is 18.1 Å². The summed E-state index contributed by atoms with van der Waals surface area (Å²) in [4.78, 5) is 16.5. The fraction of sp³-hybridized carbons (Fsp3) is 0.417. The van der Waals surface area contributed by atoms with Crippen molar-refractivity contribution in [3.05, 3.63) is 59.2 Å². The van der Waals surface area contributed by atoms with Gasteiger partial charge in [0.1, 0.15) is 5.75 Å². The lowest BCUT2D eigenvalue weighted by Gasteiger charge is -2.35.